The number of carbonyl (C=O) groups excluding carboxylic acids is 3. The average Bonchev–Trinajstić information content (AvgIpc) is 2.80. The van der Waals surface area contributed by atoms with Gasteiger partial charge in [0.15, 0.2) is 11.5 Å². The van der Waals surface area contributed by atoms with Crippen LogP contribution in [0.15, 0.2) is 0 Å². The lowest BCUT2D eigenvalue weighted by Gasteiger charge is -2.03. The summed E-state index contributed by atoms with van der Waals surface area (Å²) in [5.74, 6) is -2.08. The van der Waals surface area contributed by atoms with Crippen LogP contribution in [-0.2, 0) is 9.47 Å². The third kappa shape index (κ3) is 2.58. The summed E-state index contributed by atoms with van der Waals surface area (Å²) in [7, 11) is 2.29. The maximum Gasteiger partial charge on any atom is 0.357 e. The molecule has 0 fully saturated rings. The first-order valence-corrected chi connectivity index (χ1v) is 5.78. The molecule has 1 rings (SSSR count). The van der Waals surface area contributed by atoms with Gasteiger partial charge in [0.1, 0.15) is 11.3 Å². The van der Waals surface area contributed by atoms with E-state index < -0.39 is 22.5 Å². The summed E-state index contributed by atoms with van der Waals surface area (Å²) in [6.07, 6.45) is 0. The van der Waals surface area contributed by atoms with Crippen LogP contribution in [0.3, 0.4) is 0 Å². The molecule has 0 aliphatic heterocycles. The van der Waals surface area contributed by atoms with Gasteiger partial charge in [0.05, 0.1) is 19.0 Å². The Labute approximate surface area is 111 Å². The summed E-state index contributed by atoms with van der Waals surface area (Å²) in [4.78, 5) is 34.3. The number of hydrogen-bond donors (Lipinski definition) is 1. The van der Waals surface area contributed by atoms with Gasteiger partial charge in [-0.3, -0.25) is 9.89 Å². The van der Waals surface area contributed by atoms with Crippen molar-refractivity contribution in [2.45, 2.75) is 11.8 Å². The number of rotatable bonds is 4. The molecule has 8 heteroatoms. The van der Waals surface area contributed by atoms with Crippen LogP contribution in [0.4, 0.5) is 0 Å². The predicted octanol–water partition coefficient (Wildman–Crippen LogP) is 0.949. The molecule has 1 unspecified atom stereocenters. The van der Waals surface area contributed by atoms with Crippen LogP contribution in [0.2, 0.25) is 0 Å². The fraction of sp³-hybridized carbons (Fsp3) is 0.400. The zero-order valence-corrected chi connectivity index (χ0v) is 11.5. The summed E-state index contributed by atoms with van der Waals surface area (Å²) in [5, 5.41) is 5.98. The number of Topliss-reactive ketones (excluding diaryl/α,β-unsaturated/α-hetero) is 1. The molecule has 1 aromatic heterocycles. The van der Waals surface area contributed by atoms with Crippen molar-refractivity contribution in [1.29, 1.82) is 0 Å². The average molecular weight is 319 g/mol. The Morgan fingerprint density at radius 1 is 1.22 bits per heavy atom. The summed E-state index contributed by atoms with van der Waals surface area (Å²) in [6.45, 7) is 1.58. The molecule has 0 aliphatic rings. The number of ketones is 1. The maximum atomic E-state index is 11.8. The number of halogens is 1. The Balaban J connectivity index is 3.37. The van der Waals surface area contributed by atoms with E-state index in [0.717, 1.165) is 14.2 Å². The first kappa shape index (κ1) is 14.4. The van der Waals surface area contributed by atoms with Crippen molar-refractivity contribution < 1.29 is 23.9 Å². The second kappa shape index (κ2) is 5.76. The van der Waals surface area contributed by atoms with Crippen molar-refractivity contribution >= 4 is 33.7 Å². The number of aromatic nitrogens is 2. The minimum Gasteiger partial charge on any atom is -0.465 e. The first-order chi connectivity index (χ1) is 8.43. The molecule has 0 saturated heterocycles. The van der Waals surface area contributed by atoms with Gasteiger partial charge in [0.25, 0.3) is 0 Å². The van der Waals surface area contributed by atoms with Crippen LogP contribution in [0.5, 0.6) is 0 Å². The van der Waals surface area contributed by atoms with Gasteiger partial charge in [-0.25, -0.2) is 9.59 Å². The largest absolute Gasteiger partial charge is 0.465 e. The quantitative estimate of drug-likeness (QED) is 0.504. The second-order valence-corrected chi connectivity index (χ2v) is 4.66. The van der Waals surface area contributed by atoms with E-state index in [1.807, 2.05) is 0 Å². The van der Waals surface area contributed by atoms with E-state index in [4.69, 9.17) is 0 Å². The normalized spacial score (nSPS) is 11.8. The highest BCUT2D eigenvalue weighted by atomic mass is 79.9. The SMILES string of the molecule is COC(=O)c1[nH]nc(C(=O)C(C)Br)c1C(=O)OC. The van der Waals surface area contributed by atoms with E-state index in [-0.39, 0.29) is 17.0 Å². The van der Waals surface area contributed by atoms with E-state index in [2.05, 4.69) is 35.6 Å². The van der Waals surface area contributed by atoms with Gasteiger partial charge in [0, 0.05) is 0 Å². The Morgan fingerprint density at radius 2 is 1.78 bits per heavy atom. The van der Waals surface area contributed by atoms with Crippen LogP contribution in [0.1, 0.15) is 38.3 Å². The van der Waals surface area contributed by atoms with Crippen molar-refractivity contribution in [2.24, 2.45) is 0 Å². The summed E-state index contributed by atoms with van der Waals surface area (Å²) >= 11 is 3.07. The molecular weight excluding hydrogens is 308 g/mol. The smallest absolute Gasteiger partial charge is 0.357 e. The third-order valence-corrected chi connectivity index (χ3v) is 2.56. The topological polar surface area (TPSA) is 98.4 Å². The summed E-state index contributed by atoms with van der Waals surface area (Å²) < 4.78 is 9.01. The van der Waals surface area contributed by atoms with Gasteiger partial charge < -0.3 is 9.47 Å². The van der Waals surface area contributed by atoms with Crippen molar-refractivity contribution in [3.05, 3.63) is 17.0 Å². The summed E-state index contributed by atoms with van der Waals surface area (Å²) in [6, 6.07) is 0. The number of ether oxygens (including phenoxy) is 2. The molecule has 0 radical (unpaired) electrons. The van der Waals surface area contributed by atoms with Gasteiger partial charge >= 0.3 is 11.9 Å². The maximum absolute atomic E-state index is 11.8. The summed E-state index contributed by atoms with van der Waals surface area (Å²) in [5.41, 5.74) is -0.590. The van der Waals surface area contributed by atoms with E-state index >= 15 is 0 Å². The van der Waals surface area contributed by atoms with Gasteiger partial charge in [-0.15, -0.1) is 0 Å². The molecule has 0 saturated carbocycles. The van der Waals surface area contributed by atoms with Gasteiger partial charge in [0.2, 0.25) is 0 Å². The third-order valence-electron chi connectivity index (χ3n) is 2.14. The number of alkyl halides is 1. The van der Waals surface area contributed by atoms with Gasteiger partial charge in [-0.05, 0) is 6.92 Å². The second-order valence-electron chi connectivity index (χ2n) is 3.29. The van der Waals surface area contributed by atoms with Crippen LogP contribution >= 0.6 is 15.9 Å². The fourth-order valence-corrected chi connectivity index (χ4v) is 1.48. The highest BCUT2D eigenvalue weighted by molar-refractivity contribution is 9.10. The number of aromatic amines is 1. The number of hydrogen-bond acceptors (Lipinski definition) is 6. The van der Waals surface area contributed by atoms with E-state index in [1.54, 1.807) is 6.92 Å². The van der Waals surface area contributed by atoms with Crippen LogP contribution < -0.4 is 0 Å². The minimum atomic E-state index is -0.833. The lowest BCUT2D eigenvalue weighted by molar-refractivity contribution is 0.0550. The molecular formula is C10H11BrN2O5. The van der Waals surface area contributed by atoms with E-state index in [1.165, 1.54) is 0 Å². The Kier molecular flexibility index (Phi) is 4.60. The molecule has 0 amide bonds. The van der Waals surface area contributed by atoms with E-state index in [9.17, 15) is 14.4 Å². The van der Waals surface area contributed by atoms with Crippen molar-refractivity contribution in [3.63, 3.8) is 0 Å². The zero-order valence-electron chi connectivity index (χ0n) is 9.94. The van der Waals surface area contributed by atoms with Crippen molar-refractivity contribution in [2.75, 3.05) is 14.2 Å². The number of methoxy groups -OCH3 is 2. The standard InChI is InChI=1S/C10H11BrN2O5/c1-4(11)8(14)6-5(9(15)17-2)7(13-12-6)10(16)18-3/h4H,1-3H3,(H,12,13). The highest BCUT2D eigenvalue weighted by Gasteiger charge is 2.30. The van der Waals surface area contributed by atoms with Gasteiger partial charge in [-0.1, -0.05) is 15.9 Å². The highest BCUT2D eigenvalue weighted by Crippen LogP contribution is 2.18. The lowest BCUT2D eigenvalue weighted by atomic mass is 10.1. The molecule has 1 atom stereocenters. The monoisotopic (exact) mass is 318 g/mol. The molecule has 7 nitrogen and oxygen atoms in total. The zero-order chi connectivity index (χ0) is 13.9. The van der Waals surface area contributed by atoms with Gasteiger partial charge in [-0.2, -0.15) is 5.10 Å². The molecule has 1 heterocycles. The number of carbonyl (C=O) groups is 3. The van der Waals surface area contributed by atoms with Crippen molar-refractivity contribution in [1.82, 2.24) is 10.2 Å². The molecule has 0 spiro atoms. The molecule has 0 bridgehead atoms. The lowest BCUT2D eigenvalue weighted by Crippen LogP contribution is -2.17. The number of nitrogens with one attached hydrogen (secondary N) is 1. The van der Waals surface area contributed by atoms with Crippen LogP contribution in [0.25, 0.3) is 0 Å². The van der Waals surface area contributed by atoms with Crippen LogP contribution in [0, 0.1) is 0 Å². The molecule has 0 aliphatic carbocycles. The molecule has 1 aromatic rings. The molecule has 0 aromatic carbocycles. The first-order valence-electron chi connectivity index (χ1n) is 4.87. The fourth-order valence-electron chi connectivity index (χ4n) is 1.26. The minimum absolute atomic E-state index is 0.161. The van der Waals surface area contributed by atoms with E-state index in [0.29, 0.717) is 0 Å². The Hall–Kier alpha value is -1.70. The number of H-pyrrole nitrogens is 1. The Bertz CT molecular complexity index is 494. The molecule has 1 N–H and O–H groups in total. The molecule has 18 heavy (non-hydrogen) atoms. The Morgan fingerprint density at radius 3 is 2.22 bits per heavy atom. The molecule has 98 valence electrons. The van der Waals surface area contributed by atoms with Crippen LogP contribution in [-0.4, -0.2) is 47.0 Å². The number of esters is 2. The van der Waals surface area contributed by atoms with Crippen molar-refractivity contribution in [3.8, 4) is 0 Å². The number of nitrogens with zero attached hydrogens (tertiary/aromatic N) is 1. The predicted molar refractivity (Wildman–Crippen MR) is 64.0 cm³/mol.